The van der Waals surface area contributed by atoms with Gasteiger partial charge in [-0.25, -0.2) is 0 Å². The summed E-state index contributed by atoms with van der Waals surface area (Å²) in [5, 5.41) is 6.95. The van der Waals surface area contributed by atoms with Crippen LogP contribution >= 0.6 is 12.4 Å². The van der Waals surface area contributed by atoms with Crippen molar-refractivity contribution in [2.75, 3.05) is 13.1 Å². The fourth-order valence-electron chi connectivity index (χ4n) is 2.78. The third kappa shape index (κ3) is 3.67. The van der Waals surface area contributed by atoms with Crippen LogP contribution in [-0.4, -0.2) is 29.6 Å². The zero-order valence-electron chi connectivity index (χ0n) is 12.2. The van der Waals surface area contributed by atoms with Gasteiger partial charge in [-0.15, -0.1) is 12.4 Å². The molecule has 22 heavy (non-hydrogen) atoms. The molecular weight excluding hydrogens is 302 g/mol. The number of hydrogen-bond acceptors (Lipinski definition) is 3. The van der Waals surface area contributed by atoms with Crippen LogP contribution in [0.2, 0.25) is 0 Å². The van der Waals surface area contributed by atoms with Crippen molar-refractivity contribution in [2.24, 2.45) is 0 Å². The molecule has 0 saturated carbocycles. The van der Waals surface area contributed by atoms with Gasteiger partial charge < -0.3 is 15.2 Å². The maximum Gasteiger partial charge on any atom is 0.239 e. The van der Waals surface area contributed by atoms with Crippen molar-refractivity contribution in [3.8, 4) is 0 Å². The quantitative estimate of drug-likeness (QED) is 0.892. The Bertz CT molecular complexity index is 708. The SMILES string of the molecule is Cl.O=C(Cn1ccc(=O)c2ccccc21)NCC1CCCN1. The zero-order chi connectivity index (χ0) is 14.7. The minimum absolute atomic E-state index is 0. The molecule has 0 radical (unpaired) electrons. The van der Waals surface area contributed by atoms with E-state index in [-0.39, 0.29) is 30.3 Å². The summed E-state index contributed by atoms with van der Waals surface area (Å²) in [4.78, 5) is 23.9. The highest BCUT2D eigenvalue weighted by molar-refractivity contribution is 5.85. The largest absolute Gasteiger partial charge is 0.353 e. The first kappa shape index (κ1) is 16.5. The van der Waals surface area contributed by atoms with Crippen molar-refractivity contribution in [3.05, 3.63) is 46.8 Å². The molecule has 0 aliphatic carbocycles. The molecule has 2 heterocycles. The lowest BCUT2D eigenvalue weighted by Crippen LogP contribution is -2.38. The second-order valence-electron chi connectivity index (χ2n) is 5.42. The number of hydrogen-bond donors (Lipinski definition) is 2. The first-order valence-corrected chi connectivity index (χ1v) is 7.32. The molecule has 1 amide bonds. The van der Waals surface area contributed by atoms with Crippen molar-refractivity contribution < 1.29 is 4.79 Å². The van der Waals surface area contributed by atoms with Crippen LogP contribution in [0.5, 0.6) is 0 Å². The summed E-state index contributed by atoms with van der Waals surface area (Å²) in [7, 11) is 0. The normalized spacial score (nSPS) is 17.2. The molecule has 3 rings (SSSR count). The Balaban J connectivity index is 0.00000176. The molecule has 1 aliphatic heterocycles. The highest BCUT2D eigenvalue weighted by Gasteiger charge is 2.14. The lowest BCUT2D eigenvalue weighted by atomic mass is 10.2. The molecule has 1 aliphatic rings. The number of nitrogens with zero attached hydrogens (tertiary/aromatic N) is 1. The molecule has 1 unspecified atom stereocenters. The smallest absolute Gasteiger partial charge is 0.239 e. The molecule has 5 nitrogen and oxygen atoms in total. The van der Waals surface area contributed by atoms with Gasteiger partial charge >= 0.3 is 0 Å². The number of para-hydroxylation sites is 1. The number of benzene rings is 1. The Kier molecular flexibility index (Phi) is 5.57. The Labute approximate surface area is 135 Å². The predicted octanol–water partition coefficient (Wildman–Crippen LogP) is 1.29. The summed E-state index contributed by atoms with van der Waals surface area (Å²) in [5.41, 5.74) is 0.775. The van der Waals surface area contributed by atoms with E-state index in [2.05, 4.69) is 10.6 Å². The monoisotopic (exact) mass is 321 g/mol. The van der Waals surface area contributed by atoms with Crippen LogP contribution in [-0.2, 0) is 11.3 Å². The summed E-state index contributed by atoms with van der Waals surface area (Å²) in [6.07, 6.45) is 3.96. The average Bonchev–Trinajstić information content (AvgIpc) is 3.02. The molecule has 1 aromatic heterocycles. The van der Waals surface area contributed by atoms with Crippen molar-refractivity contribution in [2.45, 2.75) is 25.4 Å². The number of fused-ring (bicyclic) bond motifs is 1. The number of rotatable bonds is 4. The van der Waals surface area contributed by atoms with Crippen LogP contribution in [0.3, 0.4) is 0 Å². The molecular formula is C16H20ClN3O2. The molecule has 1 saturated heterocycles. The van der Waals surface area contributed by atoms with E-state index in [1.165, 1.54) is 12.5 Å². The number of nitrogens with one attached hydrogen (secondary N) is 2. The maximum absolute atomic E-state index is 12.1. The standard InChI is InChI=1S/C16H19N3O2.ClH/c20-15-7-9-19(14-6-2-1-5-13(14)15)11-16(21)18-10-12-4-3-8-17-12;/h1-2,5-7,9,12,17H,3-4,8,10-11H2,(H,18,21);1H. The highest BCUT2D eigenvalue weighted by atomic mass is 35.5. The van der Waals surface area contributed by atoms with Crippen LogP contribution in [0, 0.1) is 0 Å². The summed E-state index contributed by atoms with van der Waals surface area (Å²) in [6.45, 7) is 1.93. The van der Waals surface area contributed by atoms with Crippen molar-refractivity contribution >= 4 is 29.2 Å². The van der Waals surface area contributed by atoms with E-state index >= 15 is 0 Å². The molecule has 1 aromatic carbocycles. The van der Waals surface area contributed by atoms with Gasteiger partial charge in [0.15, 0.2) is 5.43 Å². The van der Waals surface area contributed by atoms with Gasteiger partial charge in [-0.05, 0) is 31.5 Å². The van der Waals surface area contributed by atoms with E-state index in [9.17, 15) is 9.59 Å². The van der Waals surface area contributed by atoms with Crippen LogP contribution in [0.4, 0.5) is 0 Å². The minimum atomic E-state index is -0.0301. The highest BCUT2D eigenvalue weighted by Crippen LogP contribution is 2.09. The third-order valence-corrected chi connectivity index (χ3v) is 3.91. The zero-order valence-corrected chi connectivity index (χ0v) is 13.1. The molecule has 118 valence electrons. The van der Waals surface area contributed by atoms with E-state index < -0.39 is 0 Å². The van der Waals surface area contributed by atoms with Crippen LogP contribution in [0.15, 0.2) is 41.3 Å². The van der Waals surface area contributed by atoms with Crippen LogP contribution in [0.25, 0.3) is 10.9 Å². The maximum atomic E-state index is 12.1. The van der Waals surface area contributed by atoms with Gasteiger partial charge in [0.05, 0.1) is 5.52 Å². The Morgan fingerprint density at radius 2 is 2.14 bits per heavy atom. The Morgan fingerprint density at radius 1 is 1.32 bits per heavy atom. The van der Waals surface area contributed by atoms with Gasteiger partial charge in [0.1, 0.15) is 6.54 Å². The fraction of sp³-hybridized carbons (Fsp3) is 0.375. The molecule has 6 heteroatoms. The number of amides is 1. The topological polar surface area (TPSA) is 63.1 Å². The molecule has 2 N–H and O–H groups in total. The van der Waals surface area contributed by atoms with Gasteiger partial charge in [-0.1, -0.05) is 12.1 Å². The lowest BCUT2D eigenvalue weighted by Gasteiger charge is -2.13. The first-order chi connectivity index (χ1) is 10.2. The van der Waals surface area contributed by atoms with Crippen molar-refractivity contribution in [3.63, 3.8) is 0 Å². The summed E-state index contributed by atoms with van der Waals surface area (Å²) < 4.78 is 1.81. The first-order valence-electron chi connectivity index (χ1n) is 7.32. The minimum Gasteiger partial charge on any atom is -0.353 e. The van der Waals surface area contributed by atoms with Gasteiger partial charge in [0.25, 0.3) is 0 Å². The molecule has 0 spiro atoms. The average molecular weight is 322 g/mol. The lowest BCUT2D eigenvalue weighted by molar-refractivity contribution is -0.121. The second-order valence-corrected chi connectivity index (χ2v) is 5.42. The van der Waals surface area contributed by atoms with Crippen molar-refractivity contribution in [1.29, 1.82) is 0 Å². The molecule has 2 aromatic rings. The van der Waals surface area contributed by atoms with Gasteiger partial charge in [0.2, 0.25) is 5.91 Å². The Hall–Kier alpha value is -1.85. The number of carbonyl (C=O) groups is 1. The molecule has 1 fully saturated rings. The van der Waals surface area contributed by atoms with Gasteiger partial charge in [0, 0.05) is 30.2 Å². The van der Waals surface area contributed by atoms with E-state index in [1.54, 1.807) is 12.3 Å². The third-order valence-electron chi connectivity index (χ3n) is 3.91. The molecule has 1 atom stereocenters. The van der Waals surface area contributed by atoms with Gasteiger partial charge in [-0.3, -0.25) is 9.59 Å². The summed E-state index contributed by atoms with van der Waals surface area (Å²) in [5.74, 6) is -0.0301. The van der Waals surface area contributed by atoms with Crippen molar-refractivity contribution in [1.82, 2.24) is 15.2 Å². The molecule has 0 bridgehead atoms. The van der Waals surface area contributed by atoms with E-state index in [4.69, 9.17) is 0 Å². The van der Waals surface area contributed by atoms with Gasteiger partial charge in [-0.2, -0.15) is 0 Å². The number of pyridine rings is 1. The summed E-state index contributed by atoms with van der Waals surface area (Å²) >= 11 is 0. The second kappa shape index (κ2) is 7.42. The van der Waals surface area contributed by atoms with E-state index in [0.717, 1.165) is 18.5 Å². The number of carbonyl (C=O) groups excluding carboxylic acids is 1. The fourth-order valence-corrected chi connectivity index (χ4v) is 2.78. The number of halogens is 1. The Morgan fingerprint density at radius 3 is 2.91 bits per heavy atom. The number of aromatic nitrogens is 1. The van der Waals surface area contributed by atoms with Crippen LogP contribution in [0.1, 0.15) is 12.8 Å². The van der Waals surface area contributed by atoms with Crippen LogP contribution < -0.4 is 16.1 Å². The van der Waals surface area contributed by atoms with E-state index in [1.807, 2.05) is 22.8 Å². The summed E-state index contributed by atoms with van der Waals surface area (Å²) in [6, 6.07) is 9.25. The predicted molar refractivity (Wildman–Crippen MR) is 89.5 cm³/mol. The van der Waals surface area contributed by atoms with E-state index in [0.29, 0.717) is 18.0 Å².